The molecule has 6 heteroatoms. The standard InChI is InChI=1S/C7H14N2O4/c1-2-5(10)9-6(11)3-4(8)7(12)13/h4-5,10H,2-3,8H2,1H3,(H,9,11)(H,12,13). The quantitative estimate of drug-likeness (QED) is 0.400. The number of nitrogens with two attached hydrogens (primary N) is 1. The first kappa shape index (κ1) is 11.9. The first-order chi connectivity index (χ1) is 5.97. The Balaban J connectivity index is 3.81. The maximum Gasteiger partial charge on any atom is 0.321 e. The van der Waals surface area contributed by atoms with Gasteiger partial charge in [-0.05, 0) is 6.42 Å². The highest BCUT2D eigenvalue weighted by molar-refractivity contribution is 5.84. The summed E-state index contributed by atoms with van der Waals surface area (Å²) in [7, 11) is 0. The van der Waals surface area contributed by atoms with Gasteiger partial charge in [-0.3, -0.25) is 9.59 Å². The Kier molecular flexibility index (Phi) is 5.01. The zero-order valence-corrected chi connectivity index (χ0v) is 7.36. The van der Waals surface area contributed by atoms with E-state index in [1.165, 1.54) is 0 Å². The largest absolute Gasteiger partial charge is 0.480 e. The van der Waals surface area contributed by atoms with Gasteiger partial charge in [0.15, 0.2) is 0 Å². The smallest absolute Gasteiger partial charge is 0.321 e. The molecule has 2 unspecified atom stereocenters. The van der Waals surface area contributed by atoms with Crippen LogP contribution in [0.5, 0.6) is 0 Å². The molecule has 0 heterocycles. The monoisotopic (exact) mass is 190 g/mol. The van der Waals surface area contributed by atoms with Crippen LogP contribution in [0.25, 0.3) is 0 Å². The van der Waals surface area contributed by atoms with Gasteiger partial charge in [0.25, 0.3) is 0 Å². The summed E-state index contributed by atoms with van der Waals surface area (Å²) in [5.74, 6) is -1.80. The van der Waals surface area contributed by atoms with E-state index in [1.807, 2.05) is 0 Å². The second-order valence-electron chi connectivity index (χ2n) is 2.64. The summed E-state index contributed by atoms with van der Waals surface area (Å²) in [6, 6.07) is -1.22. The van der Waals surface area contributed by atoms with Gasteiger partial charge in [0.05, 0.1) is 6.42 Å². The zero-order valence-electron chi connectivity index (χ0n) is 7.36. The molecule has 0 aromatic heterocycles. The molecule has 76 valence electrons. The second-order valence-corrected chi connectivity index (χ2v) is 2.64. The predicted octanol–water partition coefficient (Wildman–Crippen LogP) is -1.37. The molecule has 0 spiro atoms. The van der Waals surface area contributed by atoms with Crippen LogP contribution < -0.4 is 11.1 Å². The van der Waals surface area contributed by atoms with Crippen molar-refractivity contribution in [2.45, 2.75) is 32.0 Å². The Labute approximate surface area is 75.7 Å². The van der Waals surface area contributed by atoms with E-state index in [0.29, 0.717) is 6.42 Å². The first-order valence-corrected chi connectivity index (χ1v) is 3.93. The number of hydrogen-bond acceptors (Lipinski definition) is 4. The van der Waals surface area contributed by atoms with Gasteiger partial charge in [0.2, 0.25) is 5.91 Å². The van der Waals surface area contributed by atoms with E-state index in [2.05, 4.69) is 5.32 Å². The molecule has 5 N–H and O–H groups in total. The Hall–Kier alpha value is -1.14. The molecule has 0 aliphatic rings. The molecule has 0 aliphatic carbocycles. The summed E-state index contributed by atoms with van der Waals surface area (Å²) in [6.07, 6.45) is -0.894. The van der Waals surface area contributed by atoms with Crippen LogP contribution in [-0.4, -0.2) is 34.4 Å². The fraction of sp³-hybridized carbons (Fsp3) is 0.714. The topological polar surface area (TPSA) is 113 Å². The maximum absolute atomic E-state index is 10.9. The SMILES string of the molecule is CCC(O)NC(=O)CC(N)C(=O)O. The molecule has 13 heavy (non-hydrogen) atoms. The summed E-state index contributed by atoms with van der Waals surface area (Å²) in [4.78, 5) is 21.1. The Morgan fingerprint density at radius 3 is 2.46 bits per heavy atom. The lowest BCUT2D eigenvalue weighted by Gasteiger charge is -2.11. The number of carbonyl (C=O) groups is 2. The van der Waals surface area contributed by atoms with Gasteiger partial charge in [0.1, 0.15) is 12.3 Å². The lowest BCUT2D eigenvalue weighted by molar-refractivity contribution is -0.140. The molecule has 2 atom stereocenters. The summed E-state index contributed by atoms with van der Waals surface area (Å²) < 4.78 is 0. The van der Waals surface area contributed by atoms with E-state index < -0.39 is 24.1 Å². The molecule has 0 rings (SSSR count). The molecule has 1 amide bonds. The van der Waals surface area contributed by atoms with Gasteiger partial charge >= 0.3 is 5.97 Å². The van der Waals surface area contributed by atoms with Crippen LogP contribution in [0.4, 0.5) is 0 Å². The van der Waals surface area contributed by atoms with Crippen molar-refractivity contribution in [2.75, 3.05) is 0 Å². The first-order valence-electron chi connectivity index (χ1n) is 3.93. The van der Waals surface area contributed by atoms with E-state index in [0.717, 1.165) is 0 Å². The number of rotatable bonds is 5. The summed E-state index contributed by atoms with van der Waals surface area (Å²) >= 11 is 0. The van der Waals surface area contributed by atoms with Gasteiger partial charge in [-0.25, -0.2) is 0 Å². The minimum atomic E-state index is -1.24. The number of aliphatic carboxylic acids is 1. The van der Waals surface area contributed by atoms with Crippen molar-refractivity contribution in [1.82, 2.24) is 5.32 Å². The summed E-state index contributed by atoms with van der Waals surface area (Å²) in [6.45, 7) is 1.68. The van der Waals surface area contributed by atoms with Crippen molar-refractivity contribution in [3.05, 3.63) is 0 Å². The van der Waals surface area contributed by atoms with E-state index in [9.17, 15) is 9.59 Å². The van der Waals surface area contributed by atoms with E-state index in [4.69, 9.17) is 15.9 Å². The third-order valence-electron chi connectivity index (χ3n) is 1.44. The van der Waals surface area contributed by atoms with Crippen LogP contribution in [0, 0.1) is 0 Å². The summed E-state index contributed by atoms with van der Waals surface area (Å²) in [5, 5.41) is 19.5. The highest BCUT2D eigenvalue weighted by atomic mass is 16.4. The van der Waals surface area contributed by atoms with E-state index in [-0.39, 0.29) is 6.42 Å². The van der Waals surface area contributed by atoms with E-state index >= 15 is 0 Å². The molecule has 0 radical (unpaired) electrons. The van der Waals surface area contributed by atoms with Crippen LogP contribution in [0.2, 0.25) is 0 Å². The van der Waals surface area contributed by atoms with Crippen molar-refractivity contribution in [2.24, 2.45) is 5.73 Å². The number of carbonyl (C=O) groups excluding carboxylic acids is 1. The van der Waals surface area contributed by atoms with Crippen LogP contribution in [-0.2, 0) is 9.59 Å². The minimum absolute atomic E-state index is 0.327. The van der Waals surface area contributed by atoms with Crippen LogP contribution in [0.1, 0.15) is 19.8 Å². The van der Waals surface area contributed by atoms with Gasteiger partial charge in [-0.2, -0.15) is 0 Å². The summed E-state index contributed by atoms with van der Waals surface area (Å²) in [5.41, 5.74) is 5.09. The molecular weight excluding hydrogens is 176 g/mol. The van der Waals surface area contributed by atoms with Gasteiger partial charge in [-0.15, -0.1) is 0 Å². The van der Waals surface area contributed by atoms with Gasteiger partial charge in [0, 0.05) is 0 Å². The Morgan fingerprint density at radius 1 is 1.54 bits per heavy atom. The molecule has 6 nitrogen and oxygen atoms in total. The van der Waals surface area contributed by atoms with Crippen LogP contribution in [0.3, 0.4) is 0 Å². The third-order valence-corrected chi connectivity index (χ3v) is 1.44. The number of hydrogen-bond donors (Lipinski definition) is 4. The van der Waals surface area contributed by atoms with Crippen LogP contribution >= 0.6 is 0 Å². The Bertz CT molecular complexity index is 195. The molecule has 0 saturated heterocycles. The van der Waals surface area contributed by atoms with E-state index in [1.54, 1.807) is 6.92 Å². The highest BCUT2D eigenvalue weighted by Gasteiger charge is 2.17. The molecule has 0 fully saturated rings. The molecule has 0 bridgehead atoms. The number of carboxylic acid groups (broad SMARTS) is 1. The van der Waals surface area contributed by atoms with Gasteiger partial charge in [-0.1, -0.05) is 6.92 Å². The molecule has 0 saturated carbocycles. The van der Waals surface area contributed by atoms with Gasteiger partial charge < -0.3 is 21.3 Å². The number of nitrogens with one attached hydrogen (secondary N) is 1. The normalized spacial score (nSPS) is 14.7. The maximum atomic E-state index is 10.9. The lowest BCUT2D eigenvalue weighted by atomic mass is 10.2. The third kappa shape index (κ3) is 5.15. The fourth-order valence-electron chi connectivity index (χ4n) is 0.634. The lowest BCUT2D eigenvalue weighted by Crippen LogP contribution is -2.40. The average Bonchev–Trinajstić information content (AvgIpc) is 2.03. The fourth-order valence-corrected chi connectivity index (χ4v) is 0.634. The minimum Gasteiger partial charge on any atom is -0.480 e. The number of carboxylic acids is 1. The van der Waals surface area contributed by atoms with Crippen molar-refractivity contribution in [1.29, 1.82) is 0 Å². The van der Waals surface area contributed by atoms with Crippen molar-refractivity contribution >= 4 is 11.9 Å². The predicted molar refractivity (Wildman–Crippen MR) is 44.7 cm³/mol. The number of amides is 1. The number of aliphatic hydroxyl groups excluding tert-OH is 1. The highest BCUT2D eigenvalue weighted by Crippen LogP contribution is 1.91. The number of aliphatic hydroxyl groups is 1. The zero-order chi connectivity index (χ0) is 10.4. The molecule has 0 aromatic carbocycles. The van der Waals surface area contributed by atoms with Crippen molar-refractivity contribution in [3.8, 4) is 0 Å². The average molecular weight is 190 g/mol. The Morgan fingerprint density at radius 2 is 2.08 bits per heavy atom. The molecule has 0 aliphatic heterocycles. The molecular formula is C7H14N2O4. The second kappa shape index (κ2) is 5.50. The van der Waals surface area contributed by atoms with Crippen molar-refractivity contribution in [3.63, 3.8) is 0 Å². The van der Waals surface area contributed by atoms with Crippen LogP contribution in [0.15, 0.2) is 0 Å². The van der Waals surface area contributed by atoms with Crippen molar-refractivity contribution < 1.29 is 19.8 Å². The molecule has 0 aromatic rings.